The molecule has 0 bridgehead atoms. The quantitative estimate of drug-likeness (QED) is 0.675. The van der Waals surface area contributed by atoms with E-state index in [0.717, 1.165) is 4.48 Å². The maximum absolute atomic E-state index is 11.5. The summed E-state index contributed by atoms with van der Waals surface area (Å²) in [6, 6.07) is 0. The van der Waals surface area contributed by atoms with Crippen molar-refractivity contribution in [2.24, 2.45) is 0 Å². The summed E-state index contributed by atoms with van der Waals surface area (Å²) in [6.45, 7) is 3.60. The summed E-state index contributed by atoms with van der Waals surface area (Å²) in [5.74, 6) is -0.155. The van der Waals surface area contributed by atoms with E-state index in [1.165, 1.54) is 14.2 Å². The fraction of sp³-hybridized carbons (Fsp3) is 0.625. The highest BCUT2D eigenvalue weighted by molar-refractivity contribution is 9.11. The molecule has 0 unspecified atom stereocenters. The van der Waals surface area contributed by atoms with Crippen LogP contribution in [-0.4, -0.2) is 26.2 Å². The highest BCUT2D eigenvalue weighted by Gasteiger charge is 2.24. The summed E-state index contributed by atoms with van der Waals surface area (Å²) in [4.78, 5) is 11.3. The molecule has 82 valence electrons. The van der Waals surface area contributed by atoms with Crippen LogP contribution < -0.4 is 0 Å². The first-order valence-electron chi connectivity index (χ1n) is 3.99. The monoisotopic (exact) mass is 284 g/mol. The lowest BCUT2D eigenvalue weighted by molar-refractivity contribution is -0.116. The minimum absolute atomic E-state index is 0.155. The maximum Gasteiger partial charge on any atom is 0.337 e. The van der Waals surface area contributed by atoms with Gasteiger partial charge in [-0.25, -0.2) is 0 Å². The Labute approximate surface area is 92.3 Å². The Hall–Kier alpha value is 0.0400. The van der Waals surface area contributed by atoms with Crippen molar-refractivity contribution in [1.29, 1.82) is 0 Å². The van der Waals surface area contributed by atoms with E-state index in [0.29, 0.717) is 12.8 Å². The third kappa shape index (κ3) is 5.70. The second-order valence-electron chi connectivity index (χ2n) is 2.69. The Bertz CT molecular complexity index is 256. The Kier molecular flexibility index (Phi) is 6.53. The minimum Gasteiger partial charge on any atom is -0.312 e. The fourth-order valence-electron chi connectivity index (χ4n) is 0.774. The second kappa shape index (κ2) is 6.51. The van der Waals surface area contributed by atoms with E-state index < -0.39 is 7.60 Å². The summed E-state index contributed by atoms with van der Waals surface area (Å²) in [5, 5.41) is 0. The van der Waals surface area contributed by atoms with Crippen molar-refractivity contribution in [3.8, 4) is 0 Å². The standard InChI is InChI=1S/C8H14BrO4P/c1-7(9)4-5-8(10)6-14(11,12-2)13-3/h1,4-6H2,2-3H3. The Morgan fingerprint density at radius 3 is 2.21 bits per heavy atom. The Morgan fingerprint density at radius 2 is 1.86 bits per heavy atom. The molecule has 0 aliphatic rings. The molecule has 0 N–H and O–H groups in total. The van der Waals surface area contributed by atoms with Crippen LogP contribution in [0.25, 0.3) is 0 Å². The normalized spacial score (nSPS) is 11.4. The van der Waals surface area contributed by atoms with Gasteiger partial charge in [0, 0.05) is 20.6 Å². The molecule has 0 aromatic heterocycles. The summed E-state index contributed by atoms with van der Waals surface area (Å²) < 4.78 is 21.5. The lowest BCUT2D eigenvalue weighted by Gasteiger charge is -2.12. The first-order valence-corrected chi connectivity index (χ1v) is 6.51. The molecule has 0 heterocycles. The average molecular weight is 285 g/mol. The molecule has 0 aliphatic carbocycles. The van der Waals surface area contributed by atoms with E-state index in [1.54, 1.807) is 0 Å². The van der Waals surface area contributed by atoms with E-state index in [4.69, 9.17) is 0 Å². The highest BCUT2D eigenvalue weighted by atomic mass is 79.9. The third-order valence-corrected chi connectivity index (χ3v) is 3.85. The summed E-state index contributed by atoms with van der Waals surface area (Å²) in [7, 11) is -0.662. The second-order valence-corrected chi connectivity index (χ2v) is 6.08. The molecule has 0 fully saturated rings. The molecule has 0 radical (unpaired) electrons. The fourth-order valence-corrected chi connectivity index (χ4v) is 1.97. The molecule has 0 amide bonds. The van der Waals surface area contributed by atoms with Gasteiger partial charge < -0.3 is 9.05 Å². The van der Waals surface area contributed by atoms with Crippen LogP contribution in [0.3, 0.4) is 0 Å². The molecule has 4 nitrogen and oxygen atoms in total. The number of carbonyl (C=O) groups is 1. The molecule has 0 rings (SSSR count). The van der Waals surface area contributed by atoms with E-state index in [1.807, 2.05) is 0 Å². The van der Waals surface area contributed by atoms with Gasteiger partial charge in [0.2, 0.25) is 0 Å². The molecule has 0 saturated heterocycles. The number of hydrogen-bond acceptors (Lipinski definition) is 4. The van der Waals surface area contributed by atoms with Gasteiger partial charge in [0.05, 0.1) is 0 Å². The SMILES string of the molecule is C=C(Br)CCC(=O)CP(=O)(OC)OC. The Balaban J connectivity index is 4.05. The van der Waals surface area contributed by atoms with Crippen LogP contribution in [0.1, 0.15) is 12.8 Å². The van der Waals surface area contributed by atoms with E-state index in [-0.39, 0.29) is 11.9 Å². The highest BCUT2D eigenvalue weighted by Crippen LogP contribution is 2.46. The van der Waals surface area contributed by atoms with E-state index in [2.05, 4.69) is 31.6 Å². The summed E-state index contributed by atoms with van der Waals surface area (Å²) in [5.41, 5.74) is 0. The van der Waals surface area contributed by atoms with Crippen LogP contribution in [0, 0.1) is 0 Å². The number of Topliss-reactive ketones (excluding diaryl/α,β-unsaturated/α-hetero) is 1. The van der Waals surface area contributed by atoms with Crippen molar-refractivity contribution in [2.75, 3.05) is 20.4 Å². The number of allylic oxidation sites excluding steroid dienone is 1. The lowest BCUT2D eigenvalue weighted by Crippen LogP contribution is -2.07. The molecule has 14 heavy (non-hydrogen) atoms. The molecular weight excluding hydrogens is 271 g/mol. The van der Waals surface area contributed by atoms with Crippen molar-refractivity contribution in [2.45, 2.75) is 12.8 Å². The van der Waals surface area contributed by atoms with E-state index >= 15 is 0 Å². The average Bonchev–Trinajstić information content (AvgIpc) is 2.14. The van der Waals surface area contributed by atoms with Crippen molar-refractivity contribution in [3.05, 3.63) is 11.1 Å². The number of rotatable bonds is 7. The van der Waals surface area contributed by atoms with Crippen molar-refractivity contribution in [1.82, 2.24) is 0 Å². The van der Waals surface area contributed by atoms with Gasteiger partial charge in [-0.3, -0.25) is 9.36 Å². The van der Waals surface area contributed by atoms with Gasteiger partial charge in [0.1, 0.15) is 11.9 Å². The predicted molar refractivity (Wildman–Crippen MR) is 58.8 cm³/mol. The molecule has 0 aromatic rings. The number of hydrogen-bond donors (Lipinski definition) is 0. The molecule has 0 atom stereocenters. The number of carbonyl (C=O) groups excluding carboxylic acids is 1. The largest absolute Gasteiger partial charge is 0.337 e. The molecule has 0 spiro atoms. The van der Waals surface area contributed by atoms with Crippen molar-refractivity contribution in [3.63, 3.8) is 0 Å². The molecule has 0 aliphatic heterocycles. The number of halogens is 1. The zero-order valence-corrected chi connectivity index (χ0v) is 10.8. The minimum atomic E-state index is -3.19. The third-order valence-electron chi connectivity index (χ3n) is 1.60. The van der Waals surface area contributed by atoms with Crippen LogP contribution in [0.5, 0.6) is 0 Å². The first kappa shape index (κ1) is 14.0. The van der Waals surface area contributed by atoms with Gasteiger partial charge in [-0.15, -0.1) is 0 Å². The topological polar surface area (TPSA) is 52.6 Å². The number of ketones is 1. The van der Waals surface area contributed by atoms with Gasteiger partial charge in [0.25, 0.3) is 0 Å². The first-order chi connectivity index (χ1) is 6.43. The lowest BCUT2D eigenvalue weighted by atomic mass is 10.2. The van der Waals surface area contributed by atoms with Crippen LogP contribution in [-0.2, 0) is 18.4 Å². The molecule has 6 heteroatoms. The Morgan fingerprint density at radius 1 is 1.36 bits per heavy atom. The zero-order chi connectivity index (χ0) is 11.2. The van der Waals surface area contributed by atoms with Crippen LogP contribution in [0.4, 0.5) is 0 Å². The van der Waals surface area contributed by atoms with Crippen LogP contribution in [0.15, 0.2) is 11.1 Å². The predicted octanol–water partition coefficient (Wildman–Crippen LogP) is 2.73. The van der Waals surface area contributed by atoms with Gasteiger partial charge in [-0.05, 0) is 10.9 Å². The van der Waals surface area contributed by atoms with Crippen molar-refractivity contribution < 1.29 is 18.4 Å². The molecular formula is C8H14BrO4P. The van der Waals surface area contributed by atoms with E-state index in [9.17, 15) is 9.36 Å². The molecule has 0 aromatic carbocycles. The van der Waals surface area contributed by atoms with Gasteiger partial charge in [-0.2, -0.15) is 0 Å². The summed E-state index contributed by atoms with van der Waals surface area (Å²) >= 11 is 3.14. The van der Waals surface area contributed by atoms with Crippen LogP contribution >= 0.6 is 23.5 Å². The molecule has 0 saturated carbocycles. The smallest absolute Gasteiger partial charge is 0.312 e. The zero-order valence-electron chi connectivity index (χ0n) is 8.29. The van der Waals surface area contributed by atoms with Crippen molar-refractivity contribution >= 4 is 29.3 Å². The summed E-state index contributed by atoms with van der Waals surface area (Å²) in [6.07, 6.45) is 0.646. The maximum atomic E-state index is 11.5. The van der Waals surface area contributed by atoms with Gasteiger partial charge in [-0.1, -0.05) is 22.5 Å². The van der Waals surface area contributed by atoms with Gasteiger partial charge >= 0.3 is 7.60 Å². The van der Waals surface area contributed by atoms with Crippen LogP contribution in [0.2, 0.25) is 0 Å². The van der Waals surface area contributed by atoms with Gasteiger partial charge in [0.15, 0.2) is 0 Å².